The maximum atomic E-state index is 13.7. The molecular formula is C30H33N3O4S. The smallest absolute Gasteiger partial charge is 0.275 e. The van der Waals surface area contributed by atoms with Crippen molar-refractivity contribution in [2.75, 3.05) is 26.3 Å². The highest BCUT2D eigenvalue weighted by Gasteiger charge is 2.39. The molecule has 2 aliphatic heterocycles. The largest absolute Gasteiger partial charge is 0.381 e. The van der Waals surface area contributed by atoms with E-state index >= 15 is 0 Å². The summed E-state index contributed by atoms with van der Waals surface area (Å²) in [7, 11) is -2.33. The van der Waals surface area contributed by atoms with Crippen molar-refractivity contribution in [3.63, 3.8) is 0 Å². The molecule has 0 atom stereocenters. The van der Waals surface area contributed by atoms with Crippen LogP contribution >= 0.6 is 0 Å². The molecule has 0 N–H and O–H groups in total. The van der Waals surface area contributed by atoms with Crippen LogP contribution in [0.1, 0.15) is 30.4 Å². The Labute approximate surface area is 223 Å². The second-order valence-electron chi connectivity index (χ2n) is 10.9. The number of rotatable bonds is 5. The van der Waals surface area contributed by atoms with Gasteiger partial charge in [0.1, 0.15) is 5.52 Å². The van der Waals surface area contributed by atoms with Gasteiger partial charge in [0.15, 0.2) is 0 Å². The van der Waals surface area contributed by atoms with Crippen molar-refractivity contribution in [1.29, 1.82) is 0 Å². The number of nitrogens with zero attached hydrogens (tertiary/aromatic N) is 3. The third-order valence-corrected chi connectivity index (χ3v) is 9.97. The lowest BCUT2D eigenvalue weighted by Crippen LogP contribution is -2.32. The van der Waals surface area contributed by atoms with E-state index in [4.69, 9.17) is 4.74 Å². The normalized spacial score (nSPS) is 17.9. The topological polar surface area (TPSA) is 73.5 Å². The quantitative estimate of drug-likeness (QED) is 0.378. The lowest BCUT2D eigenvalue weighted by Gasteiger charge is -2.33. The third kappa shape index (κ3) is 4.40. The molecule has 0 bridgehead atoms. The maximum Gasteiger partial charge on any atom is 0.275 e. The Kier molecular flexibility index (Phi) is 6.29. The van der Waals surface area contributed by atoms with Gasteiger partial charge in [-0.25, -0.2) is 12.4 Å². The first-order valence-electron chi connectivity index (χ1n) is 13.2. The molecule has 2 aromatic carbocycles. The van der Waals surface area contributed by atoms with Crippen molar-refractivity contribution in [2.24, 2.45) is 12.5 Å². The number of hydrogen-bond donors (Lipinski definition) is 0. The standard InChI is InChI=1S/C30H33N3O4S/c1-22-6-8-25(9-7-22)38(35,36)33-20-27(26-10-14-31(2)29(34)28(26)33)24-5-3-4-23(18-24)19-32-15-11-30(21-32)12-16-37-17-13-30/h3-10,14,18,20H,11-13,15-17,19,21H2,1-2H3. The number of aromatic nitrogens is 2. The molecule has 6 rings (SSSR count). The molecule has 0 unspecified atom stereocenters. The first-order valence-corrected chi connectivity index (χ1v) is 14.6. The Morgan fingerprint density at radius 3 is 2.53 bits per heavy atom. The minimum absolute atomic E-state index is 0.155. The zero-order valence-electron chi connectivity index (χ0n) is 21.9. The number of benzene rings is 2. The number of likely N-dealkylation sites (tertiary alicyclic amines) is 1. The number of hydrogen-bond acceptors (Lipinski definition) is 5. The SMILES string of the molecule is Cc1ccc(S(=O)(=O)n2cc(-c3cccc(CN4CCC5(CCOCC5)C4)c3)c3ccn(C)c(=O)c32)cc1. The molecule has 38 heavy (non-hydrogen) atoms. The van der Waals surface area contributed by atoms with Crippen LogP contribution in [0.3, 0.4) is 0 Å². The average molecular weight is 532 g/mol. The number of pyridine rings is 1. The molecule has 0 amide bonds. The molecule has 2 saturated heterocycles. The Balaban J connectivity index is 1.39. The van der Waals surface area contributed by atoms with E-state index in [0.29, 0.717) is 10.8 Å². The summed E-state index contributed by atoms with van der Waals surface area (Å²) in [4.78, 5) is 15.9. The van der Waals surface area contributed by atoms with Gasteiger partial charge < -0.3 is 9.30 Å². The summed E-state index contributed by atoms with van der Waals surface area (Å²) in [5, 5.41) is 0.628. The van der Waals surface area contributed by atoms with E-state index in [1.165, 1.54) is 16.6 Å². The summed E-state index contributed by atoms with van der Waals surface area (Å²) in [6.07, 6.45) is 6.77. The van der Waals surface area contributed by atoms with E-state index in [0.717, 1.165) is 66.4 Å². The molecule has 8 heteroatoms. The predicted molar refractivity (Wildman–Crippen MR) is 149 cm³/mol. The summed E-state index contributed by atoms with van der Waals surface area (Å²) in [5.74, 6) is 0. The van der Waals surface area contributed by atoms with E-state index in [1.807, 2.05) is 25.1 Å². The summed E-state index contributed by atoms with van der Waals surface area (Å²) in [6, 6.07) is 16.8. The van der Waals surface area contributed by atoms with Gasteiger partial charge in [-0.05, 0) is 73.5 Å². The van der Waals surface area contributed by atoms with Crippen molar-refractivity contribution in [3.8, 4) is 11.1 Å². The van der Waals surface area contributed by atoms with Crippen LogP contribution in [0.2, 0.25) is 0 Å². The number of aryl methyl sites for hydroxylation is 2. The second kappa shape index (κ2) is 9.52. The van der Waals surface area contributed by atoms with Crippen molar-refractivity contribution in [2.45, 2.75) is 37.6 Å². The Bertz CT molecular complexity index is 1660. The molecule has 198 valence electrons. The molecule has 0 radical (unpaired) electrons. The van der Waals surface area contributed by atoms with Gasteiger partial charge in [0.2, 0.25) is 0 Å². The fourth-order valence-electron chi connectivity index (χ4n) is 6.01. The van der Waals surface area contributed by atoms with Gasteiger partial charge in [-0.3, -0.25) is 9.69 Å². The van der Waals surface area contributed by atoms with Gasteiger partial charge in [-0.2, -0.15) is 0 Å². The Hall–Kier alpha value is -3.20. The van der Waals surface area contributed by atoms with Crippen LogP contribution in [0.4, 0.5) is 0 Å². The molecule has 2 aromatic heterocycles. The number of ether oxygens (including phenoxy) is 1. The van der Waals surface area contributed by atoms with Gasteiger partial charge in [0.05, 0.1) is 4.90 Å². The zero-order chi connectivity index (χ0) is 26.5. The average Bonchev–Trinajstić information content (AvgIpc) is 3.49. The lowest BCUT2D eigenvalue weighted by molar-refractivity contribution is 0.0190. The predicted octanol–water partition coefficient (Wildman–Crippen LogP) is 4.55. The van der Waals surface area contributed by atoms with Gasteiger partial charge in [-0.15, -0.1) is 0 Å². The Morgan fingerprint density at radius 1 is 1.00 bits per heavy atom. The van der Waals surface area contributed by atoms with Crippen molar-refractivity contribution in [1.82, 2.24) is 13.4 Å². The van der Waals surface area contributed by atoms with Crippen LogP contribution in [-0.2, 0) is 28.4 Å². The molecule has 1 spiro atoms. The van der Waals surface area contributed by atoms with Crippen LogP contribution in [0, 0.1) is 12.3 Å². The molecule has 0 aliphatic carbocycles. The third-order valence-electron chi connectivity index (χ3n) is 8.29. The van der Waals surface area contributed by atoms with Crippen LogP contribution in [0.25, 0.3) is 22.0 Å². The highest BCUT2D eigenvalue weighted by atomic mass is 32.2. The summed E-state index contributed by atoms with van der Waals surface area (Å²) >= 11 is 0. The maximum absolute atomic E-state index is 13.7. The van der Waals surface area contributed by atoms with Crippen molar-refractivity contribution < 1.29 is 13.2 Å². The van der Waals surface area contributed by atoms with Crippen molar-refractivity contribution in [3.05, 3.63) is 88.5 Å². The molecule has 4 aromatic rings. The molecule has 4 heterocycles. The van der Waals surface area contributed by atoms with E-state index in [2.05, 4.69) is 17.0 Å². The first-order chi connectivity index (χ1) is 18.3. The van der Waals surface area contributed by atoms with Gasteiger partial charge in [-0.1, -0.05) is 35.9 Å². The van der Waals surface area contributed by atoms with Crippen LogP contribution in [0.5, 0.6) is 0 Å². The first kappa shape index (κ1) is 25.1. The summed E-state index contributed by atoms with van der Waals surface area (Å²) in [5.41, 5.74) is 3.98. The minimum Gasteiger partial charge on any atom is -0.381 e. The van der Waals surface area contributed by atoms with Gasteiger partial charge >= 0.3 is 0 Å². The lowest BCUT2D eigenvalue weighted by atomic mass is 9.80. The second-order valence-corrected chi connectivity index (χ2v) is 12.7. The van der Waals surface area contributed by atoms with Gasteiger partial charge in [0, 0.05) is 56.7 Å². The van der Waals surface area contributed by atoms with Crippen LogP contribution in [-0.4, -0.2) is 48.2 Å². The van der Waals surface area contributed by atoms with E-state index in [-0.39, 0.29) is 16.0 Å². The number of fused-ring (bicyclic) bond motifs is 1. The fourth-order valence-corrected chi connectivity index (χ4v) is 7.38. The highest BCUT2D eigenvalue weighted by molar-refractivity contribution is 7.90. The monoisotopic (exact) mass is 531 g/mol. The highest BCUT2D eigenvalue weighted by Crippen LogP contribution is 2.40. The minimum atomic E-state index is -3.97. The molecule has 2 fully saturated rings. The van der Waals surface area contributed by atoms with E-state index in [9.17, 15) is 13.2 Å². The molecule has 0 saturated carbocycles. The zero-order valence-corrected chi connectivity index (χ0v) is 22.7. The Morgan fingerprint density at radius 2 is 1.76 bits per heavy atom. The summed E-state index contributed by atoms with van der Waals surface area (Å²) in [6.45, 7) is 6.64. The molecule has 2 aliphatic rings. The van der Waals surface area contributed by atoms with Crippen LogP contribution < -0.4 is 5.56 Å². The van der Waals surface area contributed by atoms with Gasteiger partial charge in [0.25, 0.3) is 15.6 Å². The van der Waals surface area contributed by atoms with Crippen LogP contribution in [0.15, 0.2) is 76.7 Å². The van der Waals surface area contributed by atoms with Crippen molar-refractivity contribution >= 4 is 20.9 Å². The fraction of sp³-hybridized carbons (Fsp3) is 0.367. The van der Waals surface area contributed by atoms with E-state index < -0.39 is 10.0 Å². The summed E-state index contributed by atoms with van der Waals surface area (Å²) < 4.78 is 35.6. The molecular weight excluding hydrogens is 498 g/mol. The van der Waals surface area contributed by atoms with E-state index in [1.54, 1.807) is 43.7 Å². The molecule has 7 nitrogen and oxygen atoms in total.